The van der Waals surface area contributed by atoms with Crippen LogP contribution in [0.5, 0.6) is 0 Å². The molecule has 5 rings (SSSR count). The number of nitrogens with one attached hydrogen (secondary N) is 1. The highest BCUT2D eigenvalue weighted by Gasteiger charge is 2.37. The molecule has 0 spiro atoms. The predicted octanol–water partition coefficient (Wildman–Crippen LogP) is 2.82. The molecule has 4 aromatic rings. The van der Waals surface area contributed by atoms with E-state index in [1.54, 1.807) is 19.1 Å². The number of fused-ring (bicyclic) bond motifs is 1. The third-order valence-corrected chi connectivity index (χ3v) is 9.02. The molecular formula is C26H25FN4O5S. The van der Waals surface area contributed by atoms with Gasteiger partial charge in [-0.1, -0.05) is 12.1 Å². The molecule has 1 saturated carbocycles. The van der Waals surface area contributed by atoms with Gasteiger partial charge in [-0.3, -0.25) is 23.3 Å². The lowest BCUT2D eigenvalue weighted by atomic mass is 10.1. The van der Waals surface area contributed by atoms with Gasteiger partial charge in [0.2, 0.25) is 0 Å². The number of nitrogens with zero attached hydrogens (tertiary/aromatic N) is 3. The van der Waals surface area contributed by atoms with Crippen molar-refractivity contribution in [1.29, 1.82) is 0 Å². The molecule has 1 N–H and O–H groups in total. The van der Waals surface area contributed by atoms with Gasteiger partial charge in [0.05, 0.1) is 27.0 Å². The SMILES string of the molecule is Cc1ccc(Nc2c3c(=O)n(C)c(=O)n(-c4cccc(S(=O)(=O)C5CC5)c4)c3c(C)c(=O)n2C)c(F)c1. The normalized spacial score (nSPS) is 13.8. The van der Waals surface area contributed by atoms with Crippen LogP contribution in [0.15, 0.2) is 61.7 Å². The molecule has 9 nitrogen and oxygen atoms in total. The number of pyridine rings is 1. The van der Waals surface area contributed by atoms with Gasteiger partial charge in [0.25, 0.3) is 11.1 Å². The third kappa shape index (κ3) is 3.90. The lowest BCUT2D eigenvalue weighted by molar-refractivity contribution is 0.594. The quantitative estimate of drug-likeness (QED) is 0.430. The van der Waals surface area contributed by atoms with Crippen molar-refractivity contribution in [3.8, 4) is 5.69 Å². The molecule has 192 valence electrons. The van der Waals surface area contributed by atoms with Gasteiger partial charge in [0.15, 0.2) is 9.84 Å². The van der Waals surface area contributed by atoms with Crippen LogP contribution < -0.4 is 22.1 Å². The maximum Gasteiger partial charge on any atom is 0.335 e. The van der Waals surface area contributed by atoms with Crippen LogP contribution in [0.25, 0.3) is 16.6 Å². The highest BCUT2D eigenvalue weighted by molar-refractivity contribution is 7.92. The van der Waals surface area contributed by atoms with Crippen LogP contribution in [0.1, 0.15) is 24.0 Å². The Kier molecular flexibility index (Phi) is 5.70. The summed E-state index contributed by atoms with van der Waals surface area (Å²) in [4.78, 5) is 40.1. The van der Waals surface area contributed by atoms with Crippen LogP contribution in [-0.2, 0) is 23.9 Å². The van der Waals surface area contributed by atoms with E-state index in [9.17, 15) is 27.2 Å². The largest absolute Gasteiger partial charge is 0.338 e. The average Bonchev–Trinajstić information content (AvgIpc) is 3.72. The Morgan fingerprint density at radius 1 is 0.946 bits per heavy atom. The number of anilines is 2. The lowest BCUT2D eigenvalue weighted by Crippen LogP contribution is -2.40. The first-order valence-corrected chi connectivity index (χ1v) is 13.2. The van der Waals surface area contributed by atoms with Gasteiger partial charge in [0, 0.05) is 19.7 Å². The van der Waals surface area contributed by atoms with Gasteiger partial charge in [-0.15, -0.1) is 0 Å². The van der Waals surface area contributed by atoms with Crippen LogP contribution in [0.4, 0.5) is 15.9 Å². The number of benzene rings is 2. The zero-order chi connectivity index (χ0) is 26.8. The average molecular weight is 525 g/mol. The molecule has 11 heteroatoms. The van der Waals surface area contributed by atoms with Crippen LogP contribution >= 0.6 is 0 Å². The van der Waals surface area contributed by atoms with Crippen molar-refractivity contribution >= 4 is 32.2 Å². The first-order chi connectivity index (χ1) is 17.4. The minimum Gasteiger partial charge on any atom is -0.338 e. The van der Waals surface area contributed by atoms with E-state index in [0.29, 0.717) is 18.4 Å². The fourth-order valence-electron chi connectivity index (χ4n) is 4.51. The summed E-state index contributed by atoms with van der Waals surface area (Å²) in [5.41, 5.74) is -0.889. The summed E-state index contributed by atoms with van der Waals surface area (Å²) in [5, 5.41) is 2.40. The molecule has 1 fully saturated rings. The van der Waals surface area contributed by atoms with E-state index >= 15 is 0 Å². The van der Waals surface area contributed by atoms with E-state index in [1.165, 1.54) is 55.9 Å². The van der Waals surface area contributed by atoms with E-state index in [1.807, 2.05) is 0 Å². The van der Waals surface area contributed by atoms with Gasteiger partial charge in [0.1, 0.15) is 17.0 Å². The molecule has 0 aliphatic heterocycles. The Morgan fingerprint density at radius 2 is 1.65 bits per heavy atom. The molecule has 0 atom stereocenters. The number of sulfone groups is 1. The van der Waals surface area contributed by atoms with Crippen LogP contribution in [0.3, 0.4) is 0 Å². The fourth-order valence-corrected chi connectivity index (χ4v) is 6.20. The monoisotopic (exact) mass is 524 g/mol. The van der Waals surface area contributed by atoms with Crippen molar-refractivity contribution in [3.63, 3.8) is 0 Å². The van der Waals surface area contributed by atoms with Crippen molar-refractivity contribution in [3.05, 3.63) is 90.6 Å². The van der Waals surface area contributed by atoms with Crippen LogP contribution in [0, 0.1) is 19.7 Å². The van der Waals surface area contributed by atoms with E-state index in [4.69, 9.17) is 0 Å². The highest BCUT2D eigenvalue weighted by Crippen LogP contribution is 2.34. The smallest absolute Gasteiger partial charge is 0.335 e. The molecule has 0 amide bonds. The lowest BCUT2D eigenvalue weighted by Gasteiger charge is -2.20. The molecule has 0 radical (unpaired) electrons. The first-order valence-electron chi connectivity index (χ1n) is 11.7. The van der Waals surface area contributed by atoms with Crippen LogP contribution in [0.2, 0.25) is 0 Å². The minimum absolute atomic E-state index is 0.00413. The number of aromatic nitrogens is 3. The fraction of sp³-hybridized carbons (Fsp3) is 0.269. The minimum atomic E-state index is -3.57. The Hall–Kier alpha value is -3.99. The van der Waals surface area contributed by atoms with E-state index in [2.05, 4.69) is 5.32 Å². The second-order valence-electron chi connectivity index (χ2n) is 9.39. The van der Waals surface area contributed by atoms with E-state index in [-0.39, 0.29) is 38.6 Å². The highest BCUT2D eigenvalue weighted by atomic mass is 32.2. The third-order valence-electron chi connectivity index (χ3n) is 6.76. The van der Waals surface area contributed by atoms with Crippen molar-refractivity contribution in [2.24, 2.45) is 14.1 Å². The summed E-state index contributed by atoms with van der Waals surface area (Å²) in [6.07, 6.45) is 1.16. The topological polar surface area (TPSA) is 112 Å². The standard InChI is InChI=1S/C26H25FN4O5S/c1-14-8-11-20(19(27)12-14)28-23-21-22(15(2)24(32)29(23)3)31(26(34)30(4)25(21)33)16-6-5-7-18(13-16)37(35,36)17-9-10-17/h5-8,11-13,17,28H,9-10H2,1-4H3. The molecule has 1 aliphatic carbocycles. The summed E-state index contributed by atoms with van der Waals surface area (Å²) in [6.45, 7) is 3.22. The summed E-state index contributed by atoms with van der Waals surface area (Å²) in [5.74, 6) is -0.575. The molecular weight excluding hydrogens is 499 g/mol. The van der Waals surface area contributed by atoms with Gasteiger partial charge in [-0.05, 0) is 62.6 Å². The Balaban J connectivity index is 1.87. The summed E-state index contributed by atoms with van der Waals surface area (Å²) in [7, 11) is -0.828. The van der Waals surface area contributed by atoms with Crippen molar-refractivity contribution in [2.75, 3.05) is 5.32 Å². The molecule has 0 bridgehead atoms. The van der Waals surface area contributed by atoms with Crippen molar-refractivity contribution < 1.29 is 12.8 Å². The zero-order valence-corrected chi connectivity index (χ0v) is 21.5. The Labute approximate surface area is 211 Å². The van der Waals surface area contributed by atoms with Gasteiger partial charge < -0.3 is 5.32 Å². The predicted molar refractivity (Wildman–Crippen MR) is 139 cm³/mol. The van der Waals surface area contributed by atoms with Crippen LogP contribution in [-0.4, -0.2) is 27.4 Å². The number of rotatable bonds is 5. The second kappa shape index (κ2) is 8.55. The number of halogens is 1. The molecule has 2 aromatic heterocycles. The van der Waals surface area contributed by atoms with Crippen molar-refractivity contribution in [1.82, 2.24) is 13.7 Å². The summed E-state index contributed by atoms with van der Waals surface area (Å²) >= 11 is 0. The Bertz CT molecular complexity index is 1900. The summed E-state index contributed by atoms with van der Waals surface area (Å²) in [6, 6.07) is 10.4. The molecule has 0 saturated heterocycles. The number of aryl methyl sites for hydroxylation is 2. The number of hydrogen-bond donors (Lipinski definition) is 1. The molecule has 1 aliphatic rings. The molecule has 2 aromatic carbocycles. The maximum atomic E-state index is 14.7. The number of hydrogen-bond acceptors (Lipinski definition) is 6. The Morgan fingerprint density at radius 3 is 2.30 bits per heavy atom. The molecule has 0 unspecified atom stereocenters. The zero-order valence-electron chi connectivity index (χ0n) is 20.7. The van der Waals surface area contributed by atoms with Gasteiger partial charge >= 0.3 is 5.69 Å². The second-order valence-corrected chi connectivity index (χ2v) is 11.6. The van der Waals surface area contributed by atoms with Gasteiger partial charge in [-0.25, -0.2) is 17.6 Å². The maximum absolute atomic E-state index is 14.7. The van der Waals surface area contributed by atoms with E-state index < -0.39 is 37.7 Å². The first kappa shape index (κ1) is 24.7. The van der Waals surface area contributed by atoms with E-state index in [0.717, 1.165) is 9.13 Å². The van der Waals surface area contributed by atoms with Gasteiger partial charge in [-0.2, -0.15) is 0 Å². The molecule has 2 heterocycles. The molecule has 37 heavy (non-hydrogen) atoms. The van der Waals surface area contributed by atoms with Crippen molar-refractivity contribution in [2.45, 2.75) is 36.8 Å². The summed E-state index contributed by atoms with van der Waals surface area (Å²) < 4.78 is 43.7.